The smallest absolute Gasteiger partial charge is 0.230 e. The third-order valence-corrected chi connectivity index (χ3v) is 5.74. The Bertz CT molecular complexity index is 627. The van der Waals surface area contributed by atoms with Gasteiger partial charge in [-0.05, 0) is 18.2 Å². The highest BCUT2D eigenvalue weighted by Crippen LogP contribution is 2.16. The summed E-state index contributed by atoms with van der Waals surface area (Å²) in [6, 6.07) is 1.86. The van der Waals surface area contributed by atoms with Gasteiger partial charge in [-0.3, -0.25) is 9.48 Å². The van der Waals surface area contributed by atoms with Gasteiger partial charge in [0.15, 0.2) is 0 Å². The van der Waals surface area contributed by atoms with Gasteiger partial charge in [-0.15, -0.1) is 0 Å². The van der Waals surface area contributed by atoms with E-state index in [0.29, 0.717) is 31.9 Å². The van der Waals surface area contributed by atoms with Crippen molar-refractivity contribution in [3.05, 3.63) is 17.5 Å². The second-order valence-corrected chi connectivity index (χ2v) is 8.36. The molecular formula is C13H22N4O3S2. The third kappa shape index (κ3) is 4.72. The van der Waals surface area contributed by atoms with Gasteiger partial charge in [-0.2, -0.15) is 21.2 Å². The fourth-order valence-electron chi connectivity index (χ4n) is 2.22. The van der Waals surface area contributed by atoms with Crippen molar-refractivity contribution in [3.63, 3.8) is 0 Å². The Kier molecular flexibility index (Phi) is 5.87. The van der Waals surface area contributed by atoms with Gasteiger partial charge in [-0.1, -0.05) is 6.92 Å². The lowest BCUT2D eigenvalue weighted by atomic mass is 10.3. The Morgan fingerprint density at radius 1 is 1.45 bits per heavy atom. The van der Waals surface area contributed by atoms with Gasteiger partial charge < -0.3 is 5.32 Å². The minimum absolute atomic E-state index is 0.00202. The Labute approximate surface area is 135 Å². The molecule has 1 aromatic heterocycles. The van der Waals surface area contributed by atoms with Crippen LogP contribution in [0.2, 0.25) is 0 Å². The van der Waals surface area contributed by atoms with Gasteiger partial charge in [0.25, 0.3) is 0 Å². The van der Waals surface area contributed by atoms with Crippen LogP contribution in [0.1, 0.15) is 24.7 Å². The SMILES string of the molecule is CCCSCC(=O)NCc1cc2n(n1)CCN(S(C)(=O)=O)C2. The van der Waals surface area contributed by atoms with Crippen LogP contribution < -0.4 is 5.32 Å². The van der Waals surface area contributed by atoms with Crippen LogP contribution in [0.5, 0.6) is 0 Å². The van der Waals surface area contributed by atoms with Gasteiger partial charge in [0, 0.05) is 6.54 Å². The van der Waals surface area contributed by atoms with Crippen molar-refractivity contribution >= 4 is 27.7 Å². The van der Waals surface area contributed by atoms with Crippen LogP contribution in [0, 0.1) is 0 Å². The van der Waals surface area contributed by atoms with Gasteiger partial charge in [0.1, 0.15) is 0 Å². The average molecular weight is 346 g/mol. The van der Waals surface area contributed by atoms with E-state index < -0.39 is 10.0 Å². The number of nitrogens with zero attached hydrogens (tertiary/aromatic N) is 3. The summed E-state index contributed by atoms with van der Waals surface area (Å²) in [5.41, 5.74) is 1.63. The first kappa shape index (κ1) is 17.3. The van der Waals surface area contributed by atoms with Crippen LogP contribution in [0.3, 0.4) is 0 Å². The van der Waals surface area contributed by atoms with Crippen molar-refractivity contribution in [1.82, 2.24) is 19.4 Å². The van der Waals surface area contributed by atoms with Gasteiger partial charge in [-0.25, -0.2) is 8.42 Å². The molecule has 0 unspecified atom stereocenters. The maximum absolute atomic E-state index is 11.7. The largest absolute Gasteiger partial charge is 0.350 e. The van der Waals surface area contributed by atoms with Crippen LogP contribution in [-0.4, -0.2) is 52.7 Å². The number of carbonyl (C=O) groups is 1. The predicted molar refractivity (Wildman–Crippen MR) is 86.9 cm³/mol. The lowest BCUT2D eigenvalue weighted by Crippen LogP contribution is -2.37. The molecule has 0 spiro atoms. The van der Waals surface area contributed by atoms with Crippen LogP contribution in [0.4, 0.5) is 0 Å². The van der Waals surface area contributed by atoms with Crippen LogP contribution in [0.25, 0.3) is 0 Å². The third-order valence-electron chi connectivity index (χ3n) is 3.33. The Hall–Kier alpha value is -1.06. The molecule has 22 heavy (non-hydrogen) atoms. The van der Waals surface area contributed by atoms with E-state index in [0.717, 1.165) is 23.6 Å². The topological polar surface area (TPSA) is 84.3 Å². The molecule has 2 heterocycles. The highest BCUT2D eigenvalue weighted by atomic mass is 32.2. The first-order chi connectivity index (χ1) is 10.4. The summed E-state index contributed by atoms with van der Waals surface area (Å²) in [6.45, 7) is 3.78. The molecule has 0 saturated heterocycles. The van der Waals surface area contributed by atoms with E-state index in [1.807, 2.05) is 10.7 Å². The maximum Gasteiger partial charge on any atom is 0.230 e. The average Bonchev–Trinajstić information content (AvgIpc) is 2.86. The quantitative estimate of drug-likeness (QED) is 0.723. The molecule has 1 aliphatic heterocycles. The fraction of sp³-hybridized carbons (Fsp3) is 0.692. The lowest BCUT2D eigenvalue weighted by Gasteiger charge is -2.25. The fourth-order valence-corrected chi connectivity index (χ4v) is 3.72. The second-order valence-electron chi connectivity index (χ2n) is 5.28. The monoisotopic (exact) mass is 346 g/mol. The number of aromatic nitrogens is 2. The van der Waals surface area contributed by atoms with Crippen molar-refractivity contribution < 1.29 is 13.2 Å². The molecular weight excluding hydrogens is 324 g/mol. The summed E-state index contributed by atoms with van der Waals surface area (Å²) in [7, 11) is -3.18. The first-order valence-corrected chi connectivity index (χ1v) is 10.3. The Balaban J connectivity index is 1.88. The van der Waals surface area contributed by atoms with E-state index in [-0.39, 0.29) is 5.91 Å². The Morgan fingerprint density at radius 2 is 2.23 bits per heavy atom. The molecule has 0 radical (unpaired) electrons. The van der Waals surface area contributed by atoms with Crippen LogP contribution >= 0.6 is 11.8 Å². The molecule has 1 aliphatic rings. The van der Waals surface area contributed by atoms with Gasteiger partial charge >= 0.3 is 0 Å². The molecule has 1 amide bonds. The van der Waals surface area contributed by atoms with Crippen molar-refractivity contribution in [2.75, 3.05) is 24.3 Å². The molecule has 0 atom stereocenters. The standard InChI is InChI=1S/C13H22N4O3S2/c1-3-6-21-10-13(18)14-8-11-7-12-9-16(22(2,19)20)4-5-17(12)15-11/h7H,3-6,8-10H2,1-2H3,(H,14,18). The molecule has 0 fully saturated rings. The summed E-state index contributed by atoms with van der Waals surface area (Å²) in [5, 5.41) is 7.25. The first-order valence-electron chi connectivity index (χ1n) is 7.25. The molecule has 0 bridgehead atoms. The highest BCUT2D eigenvalue weighted by Gasteiger charge is 2.24. The van der Waals surface area contributed by atoms with Gasteiger partial charge in [0.2, 0.25) is 15.9 Å². The van der Waals surface area contributed by atoms with E-state index in [2.05, 4.69) is 17.3 Å². The zero-order valence-electron chi connectivity index (χ0n) is 12.9. The van der Waals surface area contributed by atoms with Crippen molar-refractivity contribution in [3.8, 4) is 0 Å². The van der Waals surface area contributed by atoms with E-state index in [9.17, 15) is 13.2 Å². The summed E-state index contributed by atoms with van der Waals surface area (Å²) in [6.07, 6.45) is 2.27. The number of hydrogen-bond donors (Lipinski definition) is 1. The minimum Gasteiger partial charge on any atom is -0.350 e. The predicted octanol–water partition coefficient (Wildman–Crippen LogP) is 0.418. The molecule has 0 saturated carbocycles. The van der Waals surface area contributed by atoms with E-state index in [1.165, 1.54) is 10.6 Å². The molecule has 7 nitrogen and oxygen atoms in total. The summed E-state index contributed by atoms with van der Waals surface area (Å²) in [4.78, 5) is 11.7. The Morgan fingerprint density at radius 3 is 2.91 bits per heavy atom. The van der Waals surface area contributed by atoms with Crippen molar-refractivity contribution in [1.29, 1.82) is 0 Å². The molecule has 124 valence electrons. The summed E-state index contributed by atoms with van der Waals surface area (Å²) < 4.78 is 26.4. The number of hydrogen-bond acceptors (Lipinski definition) is 5. The minimum atomic E-state index is -3.18. The normalized spacial score (nSPS) is 15.5. The second kappa shape index (κ2) is 7.47. The van der Waals surface area contributed by atoms with Crippen LogP contribution in [0.15, 0.2) is 6.07 Å². The number of fused-ring (bicyclic) bond motifs is 1. The number of thioether (sulfide) groups is 1. The number of nitrogens with one attached hydrogen (secondary N) is 1. The molecule has 0 aliphatic carbocycles. The zero-order valence-corrected chi connectivity index (χ0v) is 14.5. The van der Waals surface area contributed by atoms with Crippen molar-refractivity contribution in [2.24, 2.45) is 0 Å². The van der Waals surface area contributed by atoms with E-state index in [1.54, 1.807) is 11.8 Å². The lowest BCUT2D eigenvalue weighted by molar-refractivity contribution is -0.118. The number of rotatable bonds is 7. The van der Waals surface area contributed by atoms with E-state index in [4.69, 9.17) is 0 Å². The van der Waals surface area contributed by atoms with Gasteiger partial charge in [0.05, 0.1) is 43.0 Å². The van der Waals surface area contributed by atoms with Crippen LogP contribution in [-0.2, 0) is 34.5 Å². The molecule has 9 heteroatoms. The molecule has 2 rings (SSSR count). The molecule has 1 N–H and O–H groups in total. The summed E-state index contributed by atoms with van der Waals surface area (Å²) >= 11 is 1.62. The molecule has 1 aromatic rings. The summed E-state index contributed by atoms with van der Waals surface area (Å²) in [5.74, 6) is 1.44. The van der Waals surface area contributed by atoms with E-state index >= 15 is 0 Å². The number of amides is 1. The maximum atomic E-state index is 11.7. The highest BCUT2D eigenvalue weighted by molar-refractivity contribution is 7.99. The van der Waals surface area contributed by atoms with Crippen molar-refractivity contribution in [2.45, 2.75) is 33.0 Å². The number of sulfonamides is 1. The number of carbonyl (C=O) groups excluding carboxylic acids is 1. The zero-order chi connectivity index (χ0) is 16.2. The molecule has 0 aromatic carbocycles.